The zero-order chi connectivity index (χ0) is 11.4. The second kappa shape index (κ2) is 5.12. The summed E-state index contributed by atoms with van der Waals surface area (Å²) in [5.74, 6) is -0.180. The SMILES string of the molecule is CCC(N)Cc1cccc(F)c1N(C)C. The van der Waals surface area contributed by atoms with Gasteiger partial charge in [0.25, 0.3) is 0 Å². The van der Waals surface area contributed by atoms with Crippen molar-refractivity contribution in [2.24, 2.45) is 5.73 Å². The lowest BCUT2D eigenvalue weighted by atomic mass is 10.0. The molecule has 1 atom stereocenters. The Kier molecular flexibility index (Phi) is 4.09. The fraction of sp³-hybridized carbons (Fsp3) is 0.500. The van der Waals surface area contributed by atoms with Gasteiger partial charge in [0.2, 0.25) is 0 Å². The van der Waals surface area contributed by atoms with Crippen LogP contribution in [-0.2, 0) is 6.42 Å². The molecule has 0 aliphatic heterocycles. The third kappa shape index (κ3) is 2.93. The zero-order valence-electron chi connectivity index (χ0n) is 9.63. The Morgan fingerprint density at radius 1 is 1.40 bits per heavy atom. The van der Waals surface area contributed by atoms with E-state index in [1.54, 1.807) is 11.0 Å². The molecule has 0 aromatic heterocycles. The number of halogens is 1. The smallest absolute Gasteiger partial charge is 0.146 e. The predicted octanol–water partition coefficient (Wildman–Crippen LogP) is 2.17. The van der Waals surface area contributed by atoms with Crippen LogP contribution in [-0.4, -0.2) is 20.1 Å². The molecule has 0 spiro atoms. The van der Waals surface area contributed by atoms with Gasteiger partial charge < -0.3 is 10.6 Å². The van der Waals surface area contributed by atoms with Gasteiger partial charge in [-0.25, -0.2) is 4.39 Å². The van der Waals surface area contributed by atoms with Gasteiger partial charge in [-0.15, -0.1) is 0 Å². The number of rotatable bonds is 4. The van der Waals surface area contributed by atoms with E-state index in [4.69, 9.17) is 5.73 Å². The zero-order valence-corrected chi connectivity index (χ0v) is 9.63. The average Bonchev–Trinajstić information content (AvgIpc) is 2.17. The van der Waals surface area contributed by atoms with Crippen molar-refractivity contribution in [3.05, 3.63) is 29.6 Å². The minimum atomic E-state index is -0.180. The molecule has 0 radical (unpaired) electrons. The normalized spacial score (nSPS) is 12.6. The van der Waals surface area contributed by atoms with E-state index in [1.165, 1.54) is 6.07 Å². The molecule has 2 N–H and O–H groups in total. The molecule has 0 aliphatic rings. The quantitative estimate of drug-likeness (QED) is 0.825. The van der Waals surface area contributed by atoms with Crippen molar-refractivity contribution >= 4 is 5.69 Å². The minimum Gasteiger partial charge on any atom is -0.375 e. The van der Waals surface area contributed by atoms with E-state index in [1.807, 2.05) is 27.1 Å². The van der Waals surface area contributed by atoms with E-state index in [0.717, 1.165) is 18.4 Å². The van der Waals surface area contributed by atoms with Crippen molar-refractivity contribution in [1.82, 2.24) is 0 Å². The van der Waals surface area contributed by atoms with Crippen LogP contribution in [0.2, 0.25) is 0 Å². The maximum Gasteiger partial charge on any atom is 0.146 e. The summed E-state index contributed by atoms with van der Waals surface area (Å²) in [6.07, 6.45) is 1.63. The molecule has 2 nitrogen and oxygen atoms in total. The summed E-state index contributed by atoms with van der Waals surface area (Å²) in [4.78, 5) is 1.80. The molecule has 3 heteroatoms. The first kappa shape index (κ1) is 12.0. The Labute approximate surface area is 90.9 Å². The number of benzene rings is 1. The second-order valence-electron chi connectivity index (χ2n) is 4.01. The lowest BCUT2D eigenvalue weighted by Gasteiger charge is -2.19. The first-order valence-corrected chi connectivity index (χ1v) is 5.26. The molecule has 1 unspecified atom stereocenters. The standard InChI is InChI=1S/C12H19FN2/c1-4-10(14)8-9-6-5-7-11(13)12(9)15(2)3/h5-7,10H,4,8,14H2,1-3H3. The lowest BCUT2D eigenvalue weighted by molar-refractivity contribution is 0.613. The molecule has 0 amide bonds. The molecular formula is C12H19FN2. The Balaban J connectivity index is 3.00. The number of anilines is 1. The summed E-state index contributed by atoms with van der Waals surface area (Å²) in [6, 6.07) is 5.26. The van der Waals surface area contributed by atoms with Gasteiger partial charge in [-0.2, -0.15) is 0 Å². The van der Waals surface area contributed by atoms with Crippen molar-refractivity contribution in [1.29, 1.82) is 0 Å². The highest BCUT2D eigenvalue weighted by molar-refractivity contribution is 5.54. The van der Waals surface area contributed by atoms with Gasteiger partial charge in [-0.05, 0) is 24.5 Å². The summed E-state index contributed by atoms with van der Waals surface area (Å²) in [5.41, 5.74) is 7.52. The van der Waals surface area contributed by atoms with Crippen LogP contribution in [0.4, 0.5) is 10.1 Å². The average molecular weight is 210 g/mol. The second-order valence-corrected chi connectivity index (χ2v) is 4.01. The van der Waals surface area contributed by atoms with E-state index in [2.05, 4.69) is 0 Å². The fourth-order valence-electron chi connectivity index (χ4n) is 1.65. The van der Waals surface area contributed by atoms with E-state index >= 15 is 0 Å². The lowest BCUT2D eigenvalue weighted by Crippen LogP contribution is -2.23. The number of hydrogen-bond donors (Lipinski definition) is 1. The molecular weight excluding hydrogens is 191 g/mol. The Hall–Kier alpha value is -1.09. The number of nitrogens with zero attached hydrogens (tertiary/aromatic N) is 1. The van der Waals surface area contributed by atoms with Crippen LogP contribution in [0.1, 0.15) is 18.9 Å². The summed E-state index contributed by atoms with van der Waals surface area (Å²) in [7, 11) is 3.69. The summed E-state index contributed by atoms with van der Waals surface area (Å²) in [6.45, 7) is 2.04. The first-order chi connectivity index (χ1) is 7.06. The maximum absolute atomic E-state index is 13.6. The Morgan fingerprint density at radius 2 is 2.07 bits per heavy atom. The molecule has 15 heavy (non-hydrogen) atoms. The molecule has 0 aliphatic carbocycles. The van der Waals surface area contributed by atoms with Crippen molar-refractivity contribution in [2.45, 2.75) is 25.8 Å². The van der Waals surface area contributed by atoms with Crippen LogP contribution in [0.15, 0.2) is 18.2 Å². The van der Waals surface area contributed by atoms with Gasteiger partial charge in [0.1, 0.15) is 5.82 Å². The number of nitrogens with two attached hydrogens (primary N) is 1. The molecule has 1 rings (SSSR count). The molecule has 0 saturated heterocycles. The van der Waals surface area contributed by atoms with Crippen LogP contribution in [0, 0.1) is 5.82 Å². The largest absolute Gasteiger partial charge is 0.375 e. The number of para-hydroxylation sites is 1. The van der Waals surface area contributed by atoms with E-state index < -0.39 is 0 Å². The summed E-state index contributed by atoms with van der Waals surface area (Å²) in [5, 5.41) is 0. The summed E-state index contributed by atoms with van der Waals surface area (Å²) >= 11 is 0. The molecule has 1 aromatic rings. The fourth-order valence-corrected chi connectivity index (χ4v) is 1.65. The van der Waals surface area contributed by atoms with Crippen LogP contribution in [0.25, 0.3) is 0 Å². The third-order valence-electron chi connectivity index (χ3n) is 2.52. The van der Waals surface area contributed by atoms with Crippen molar-refractivity contribution < 1.29 is 4.39 Å². The van der Waals surface area contributed by atoms with E-state index in [9.17, 15) is 4.39 Å². The van der Waals surface area contributed by atoms with Crippen molar-refractivity contribution in [3.8, 4) is 0 Å². The van der Waals surface area contributed by atoms with Crippen LogP contribution in [0.3, 0.4) is 0 Å². The molecule has 0 bridgehead atoms. The molecule has 1 aromatic carbocycles. The molecule has 0 fully saturated rings. The van der Waals surface area contributed by atoms with Crippen LogP contribution < -0.4 is 10.6 Å². The predicted molar refractivity (Wildman–Crippen MR) is 62.7 cm³/mol. The van der Waals surface area contributed by atoms with E-state index in [0.29, 0.717) is 5.69 Å². The highest BCUT2D eigenvalue weighted by Crippen LogP contribution is 2.23. The highest BCUT2D eigenvalue weighted by atomic mass is 19.1. The van der Waals surface area contributed by atoms with Crippen molar-refractivity contribution in [2.75, 3.05) is 19.0 Å². The Bertz CT molecular complexity index is 323. The minimum absolute atomic E-state index is 0.102. The number of hydrogen-bond acceptors (Lipinski definition) is 2. The first-order valence-electron chi connectivity index (χ1n) is 5.26. The van der Waals surface area contributed by atoms with Gasteiger partial charge in [-0.1, -0.05) is 19.1 Å². The van der Waals surface area contributed by atoms with Crippen LogP contribution >= 0.6 is 0 Å². The molecule has 84 valence electrons. The van der Waals surface area contributed by atoms with Gasteiger partial charge in [0.05, 0.1) is 5.69 Å². The Morgan fingerprint density at radius 3 is 2.60 bits per heavy atom. The van der Waals surface area contributed by atoms with Gasteiger partial charge in [-0.3, -0.25) is 0 Å². The molecule has 0 heterocycles. The van der Waals surface area contributed by atoms with Gasteiger partial charge in [0, 0.05) is 20.1 Å². The molecule has 0 saturated carbocycles. The van der Waals surface area contributed by atoms with Gasteiger partial charge in [0.15, 0.2) is 0 Å². The third-order valence-corrected chi connectivity index (χ3v) is 2.52. The highest BCUT2D eigenvalue weighted by Gasteiger charge is 2.12. The topological polar surface area (TPSA) is 29.3 Å². The summed E-state index contributed by atoms with van der Waals surface area (Å²) < 4.78 is 13.6. The van der Waals surface area contributed by atoms with Gasteiger partial charge >= 0.3 is 0 Å². The van der Waals surface area contributed by atoms with E-state index in [-0.39, 0.29) is 11.9 Å². The van der Waals surface area contributed by atoms with Crippen LogP contribution in [0.5, 0.6) is 0 Å². The maximum atomic E-state index is 13.6. The van der Waals surface area contributed by atoms with Crippen molar-refractivity contribution in [3.63, 3.8) is 0 Å². The monoisotopic (exact) mass is 210 g/mol.